The summed E-state index contributed by atoms with van der Waals surface area (Å²) in [7, 11) is 1.65. The second-order valence-electron chi connectivity index (χ2n) is 4.65. The Hall–Kier alpha value is -2.34. The van der Waals surface area contributed by atoms with Gasteiger partial charge in [0, 0.05) is 13.7 Å². The molecule has 6 nitrogen and oxygen atoms in total. The molecule has 1 N–H and O–H groups in total. The Labute approximate surface area is 137 Å². The zero-order valence-electron chi connectivity index (χ0n) is 14.1. The number of rotatable bonds is 8. The molecule has 0 bridgehead atoms. The maximum atomic E-state index is 12.0. The lowest BCUT2D eigenvalue weighted by Gasteiger charge is -2.23. The predicted molar refractivity (Wildman–Crippen MR) is 89.0 cm³/mol. The lowest BCUT2D eigenvalue weighted by atomic mass is 10.2. The first-order chi connectivity index (χ1) is 11.0. The fourth-order valence-electron chi connectivity index (χ4n) is 1.89. The number of para-hydroxylation sites is 1. The third kappa shape index (κ3) is 5.41. The summed E-state index contributed by atoms with van der Waals surface area (Å²) in [6, 6.07) is 7.00. The predicted octanol–water partition coefficient (Wildman–Crippen LogP) is 2.63. The van der Waals surface area contributed by atoms with Gasteiger partial charge in [-0.05, 0) is 39.0 Å². The van der Waals surface area contributed by atoms with Gasteiger partial charge in [0.15, 0.2) is 0 Å². The molecule has 0 fully saturated rings. The molecule has 0 saturated heterocycles. The van der Waals surface area contributed by atoms with E-state index in [9.17, 15) is 9.59 Å². The van der Waals surface area contributed by atoms with Crippen LogP contribution in [0.1, 0.15) is 31.1 Å². The molecule has 126 valence electrons. The average Bonchev–Trinajstić information content (AvgIpc) is 2.57. The summed E-state index contributed by atoms with van der Waals surface area (Å²) in [5.74, 6) is -0.0260. The standard InChI is InChI=1S/C17H24N2O4/c1-5-15(19(4)16(20)12-22-6-2)18-14-11-9-8-10-13(14)17(21)23-7-3/h5,8-11,18H,6-7,12H2,1-4H3/b15-5+. The number of anilines is 1. The molecule has 6 heteroatoms. The van der Waals surface area contributed by atoms with Gasteiger partial charge in [0.05, 0.1) is 17.9 Å². The van der Waals surface area contributed by atoms with Crippen molar-refractivity contribution in [1.29, 1.82) is 0 Å². The first-order valence-corrected chi connectivity index (χ1v) is 7.58. The summed E-state index contributed by atoms with van der Waals surface area (Å²) in [5, 5.41) is 3.10. The SMILES string of the molecule is C/C=C(\Nc1ccccc1C(=O)OCC)N(C)C(=O)COCC. The van der Waals surface area contributed by atoms with Crippen LogP contribution in [0.25, 0.3) is 0 Å². The van der Waals surface area contributed by atoms with Crippen LogP contribution in [0, 0.1) is 0 Å². The van der Waals surface area contributed by atoms with E-state index in [1.165, 1.54) is 4.90 Å². The van der Waals surface area contributed by atoms with Crippen LogP contribution >= 0.6 is 0 Å². The smallest absolute Gasteiger partial charge is 0.340 e. The minimum Gasteiger partial charge on any atom is -0.462 e. The monoisotopic (exact) mass is 320 g/mol. The summed E-state index contributed by atoms with van der Waals surface area (Å²) in [6.07, 6.45) is 1.76. The Bertz CT molecular complexity index is 569. The number of amides is 1. The van der Waals surface area contributed by atoms with Crippen molar-refractivity contribution < 1.29 is 19.1 Å². The number of likely N-dealkylation sites (N-methyl/N-ethyl adjacent to an activating group) is 1. The Kier molecular flexibility index (Phi) is 7.83. The molecule has 1 aromatic carbocycles. The first kappa shape index (κ1) is 18.7. The molecule has 0 unspecified atom stereocenters. The van der Waals surface area contributed by atoms with Crippen LogP contribution in [0.5, 0.6) is 0 Å². The summed E-state index contributed by atoms with van der Waals surface area (Å²) in [6.45, 7) is 6.18. The third-order valence-corrected chi connectivity index (χ3v) is 3.12. The van der Waals surface area contributed by atoms with E-state index in [4.69, 9.17) is 9.47 Å². The van der Waals surface area contributed by atoms with Crippen molar-refractivity contribution in [2.75, 3.05) is 32.2 Å². The number of nitrogens with zero attached hydrogens (tertiary/aromatic N) is 1. The zero-order valence-corrected chi connectivity index (χ0v) is 14.1. The van der Waals surface area contributed by atoms with E-state index in [0.29, 0.717) is 30.3 Å². The lowest BCUT2D eigenvalue weighted by Crippen LogP contribution is -2.33. The van der Waals surface area contributed by atoms with Crippen LogP contribution in [0.4, 0.5) is 5.69 Å². The molecule has 1 amide bonds. The summed E-state index contributed by atoms with van der Waals surface area (Å²) in [5.41, 5.74) is 0.995. The van der Waals surface area contributed by atoms with Gasteiger partial charge in [-0.2, -0.15) is 0 Å². The van der Waals surface area contributed by atoms with Gasteiger partial charge in [-0.3, -0.25) is 9.69 Å². The van der Waals surface area contributed by atoms with Gasteiger partial charge in [0.1, 0.15) is 12.4 Å². The van der Waals surface area contributed by atoms with E-state index in [1.54, 1.807) is 51.2 Å². The van der Waals surface area contributed by atoms with Crippen LogP contribution < -0.4 is 5.32 Å². The second-order valence-corrected chi connectivity index (χ2v) is 4.65. The van der Waals surface area contributed by atoms with Crippen LogP contribution in [-0.2, 0) is 14.3 Å². The summed E-state index contributed by atoms with van der Waals surface area (Å²) < 4.78 is 10.2. The number of hydrogen-bond acceptors (Lipinski definition) is 5. The Morgan fingerprint density at radius 1 is 1.22 bits per heavy atom. The number of allylic oxidation sites excluding steroid dienone is 1. The van der Waals surface area contributed by atoms with Gasteiger partial charge < -0.3 is 14.8 Å². The molecule has 0 radical (unpaired) electrons. The highest BCUT2D eigenvalue weighted by Crippen LogP contribution is 2.19. The number of carbonyl (C=O) groups excluding carboxylic acids is 2. The van der Waals surface area contributed by atoms with Crippen molar-refractivity contribution in [1.82, 2.24) is 4.90 Å². The molecule has 0 saturated carbocycles. The minimum absolute atomic E-state index is 0.00550. The second kappa shape index (κ2) is 9.63. The molecule has 0 aromatic heterocycles. The van der Waals surface area contributed by atoms with E-state index in [-0.39, 0.29) is 12.5 Å². The minimum atomic E-state index is -0.408. The highest BCUT2D eigenvalue weighted by molar-refractivity contribution is 5.96. The molecule has 0 atom stereocenters. The number of esters is 1. The zero-order chi connectivity index (χ0) is 17.2. The molecule has 0 aliphatic carbocycles. The van der Waals surface area contributed by atoms with Crippen molar-refractivity contribution in [2.45, 2.75) is 20.8 Å². The summed E-state index contributed by atoms with van der Waals surface area (Å²) >= 11 is 0. The lowest BCUT2D eigenvalue weighted by molar-refractivity contribution is -0.132. The quantitative estimate of drug-likeness (QED) is 0.746. The van der Waals surface area contributed by atoms with Crippen molar-refractivity contribution in [3.63, 3.8) is 0 Å². The van der Waals surface area contributed by atoms with Crippen molar-refractivity contribution in [3.05, 3.63) is 41.7 Å². The maximum Gasteiger partial charge on any atom is 0.340 e. The third-order valence-electron chi connectivity index (χ3n) is 3.12. The van der Waals surface area contributed by atoms with Crippen molar-refractivity contribution >= 4 is 17.6 Å². The highest BCUT2D eigenvalue weighted by Gasteiger charge is 2.16. The number of nitrogens with one attached hydrogen (secondary N) is 1. The Balaban J connectivity index is 2.92. The van der Waals surface area contributed by atoms with E-state index in [0.717, 1.165) is 0 Å². The van der Waals surface area contributed by atoms with Gasteiger partial charge in [0.25, 0.3) is 5.91 Å². The topological polar surface area (TPSA) is 67.9 Å². The molecule has 0 aliphatic heterocycles. The molecule has 23 heavy (non-hydrogen) atoms. The van der Waals surface area contributed by atoms with E-state index in [2.05, 4.69) is 5.32 Å². The van der Waals surface area contributed by atoms with Gasteiger partial charge in [0.2, 0.25) is 0 Å². The number of carbonyl (C=O) groups is 2. The van der Waals surface area contributed by atoms with Gasteiger partial charge in [-0.25, -0.2) is 4.79 Å². The van der Waals surface area contributed by atoms with Crippen LogP contribution in [0.3, 0.4) is 0 Å². The van der Waals surface area contributed by atoms with E-state index < -0.39 is 5.97 Å². The maximum absolute atomic E-state index is 12.0. The normalized spacial score (nSPS) is 11.0. The highest BCUT2D eigenvalue weighted by atomic mass is 16.5. The molecule has 1 aromatic rings. The van der Waals surface area contributed by atoms with Gasteiger partial charge >= 0.3 is 5.97 Å². The number of ether oxygens (including phenoxy) is 2. The van der Waals surface area contributed by atoms with E-state index in [1.807, 2.05) is 6.92 Å². The fraction of sp³-hybridized carbons (Fsp3) is 0.412. The molecule has 0 heterocycles. The van der Waals surface area contributed by atoms with Gasteiger partial charge in [-0.1, -0.05) is 12.1 Å². The van der Waals surface area contributed by atoms with Crippen LogP contribution in [0.15, 0.2) is 36.2 Å². The molecular weight excluding hydrogens is 296 g/mol. The molecule has 0 aliphatic rings. The first-order valence-electron chi connectivity index (χ1n) is 7.58. The van der Waals surface area contributed by atoms with Crippen LogP contribution in [0.2, 0.25) is 0 Å². The number of benzene rings is 1. The Morgan fingerprint density at radius 3 is 2.52 bits per heavy atom. The molecule has 1 rings (SSSR count). The largest absolute Gasteiger partial charge is 0.462 e. The number of hydrogen-bond donors (Lipinski definition) is 1. The Morgan fingerprint density at radius 2 is 1.91 bits per heavy atom. The van der Waals surface area contributed by atoms with E-state index >= 15 is 0 Å². The molecular formula is C17H24N2O4. The van der Waals surface area contributed by atoms with Crippen LogP contribution in [-0.4, -0.2) is 43.6 Å². The van der Waals surface area contributed by atoms with Crippen molar-refractivity contribution in [2.24, 2.45) is 0 Å². The average molecular weight is 320 g/mol. The van der Waals surface area contributed by atoms with Crippen molar-refractivity contribution in [3.8, 4) is 0 Å². The fourth-order valence-corrected chi connectivity index (χ4v) is 1.89. The summed E-state index contributed by atoms with van der Waals surface area (Å²) in [4.78, 5) is 25.5. The van der Waals surface area contributed by atoms with Gasteiger partial charge in [-0.15, -0.1) is 0 Å². The molecule has 0 spiro atoms.